The van der Waals surface area contributed by atoms with Crippen LogP contribution >= 0.6 is 0 Å². The van der Waals surface area contributed by atoms with Gasteiger partial charge in [0.15, 0.2) is 17.3 Å². The number of Topliss-reactive ketones (excluding diaryl/α,β-unsaturated/α-hetero) is 1. The van der Waals surface area contributed by atoms with E-state index in [1.165, 1.54) is 25.3 Å². The van der Waals surface area contributed by atoms with Gasteiger partial charge in [-0.25, -0.2) is 0 Å². The van der Waals surface area contributed by atoms with E-state index in [1.54, 1.807) is 0 Å². The van der Waals surface area contributed by atoms with Crippen LogP contribution in [0, 0.1) is 0 Å². The molecule has 0 aliphatic rings. The Kier molecular flexibility index (Phi) is 6.14. The number of benzene rings is 1. The van der Waals surface area contributed by atoms with Crippen molar-refractivity contribution in [2.75, 3.05) is 7.11 Å². The summed E-state index contributed by atoms with van der Waals surface area (Å²) in [5, 5.41) is 28.4. The van der Waals surface area contributed by atoms with Crippen molar-refractivity contribution in [3.63, 3.8) is 0 Å². The number of ketones is 1. The van der Waals surface area contributed by atoms with Gasteiger partial charge in [-0.1, -0.05) is 0 Å². The second-order valence-electron chi connectivity index (χ2n) is 4.39. The third-order valence-corrected chi connectivity index (χ3v) is 2.95. The lowest BCUT2D eigenvalue weighted by atomic mass is 10.0. The highest BCUT2D eigenvalue weighted by atomic mass is 16.5. The van der Waals surface area contributed by atoms with Gasteiger partial charge in [0.2, 0.25) is 0 Å². The SMILES string of the molecule is COc1cc(C(=O)CCC(O)C(O)CC=O)ccc1O. The maximum absolute atomic E-state index is 11.9. The first-order valence-corrected chi connectivity index (χ1v) is 6.19. The van der Waals surface area contributed by atoms with E-state index in [-0.39, 0.29) is 36.5 Å². The standard InChI is InChI=1S/C14H18O6/c1-20-14-8-9(2-3-13(14)19)10(16)4-5-11(17)12(18)6-7-15/h2-3,7-8,11-12,17-19H,4-6H2,1H3. The number of phenolic OH excluding ortho intramolecular Hbond substituents is 1. The van der Waals surface area contributed by atoms with E-state index >= 15 is 0 Å². The molecule has 0 amide bonds. The lowest BCUT2D eigenvalue weighted by Crippen LogP contribution is -2.26. The maximum atomic E-state index is 11.9. The van der Waals surface area contributed by atoms with Gasteiger partial charge in [0, 0.05) is 18.4 Å². The molecule has 6 heteroatoms. The lowest BCUT2D eigenvalue weighted by Gasteiger charge is -2.15. The third-order valence-electron chi connectivity index (χ3n) is 2.95. The number of carbonyl (C=O) groups is 2. The molecule has 0 heterocycles. The average Bonchev–Trinajstić information content (AvgIpc) is 2.45. The molecule has 1 aromatic rings. The topological polar surface area (TPSA) is 104 Å². The van der Waals surface area contributed by atoms with Crippen LogP contribution in [0.15, 0.2) is 18.2 Å². The zero-order chi connectivity index (χ0) is 15.1. The van der Waals surface area contributed by atoms with Crippen LogP contribution in [0.5, 0.6) is 11.5 Å². The molecule has 6 nitrogen and oxygen atoms in total. The van der Waals surface area contributed by atoms with Crippen LogP contribution in [0.2, 0.25) is 0 Å². The van der Waals surface area contributed by atoms with E-state index in [1.807, 2.05) is 0 Å². The van der Waals surface area contributed by atoms with Crippen molar-refractivity contribution in [3.05, 3.63) is 23.8 Å². The van der Waals surface area contributed by atoms with Crippen LogP contribution < -0.4 is 4.74 Å². The molecule has 0 fully saturated rings. The van der Waals surface area contributed by atoms with E-state index < -0.39 is 12.2 Å². The Morgan fingerprint density at radius 1 is 1.35 bits per heavy atom. The van der Waals surface area contributed by atoms with Crippen LogP contribution in [-0.4, -0.2) is 46.7 Å². The largest absolute Gasteiger partial charge is 0.504 e. The van der Waals surface area contributed by atoms with E-state index in [0.29, 0.717) is 11.8 Å². The Morgan fingerprint density at radius 2 is 2.05 bits per heavy atom. The van der Waals surface area contributed by atoms with Crippen LogP contribution in [0.1, 0.15) is 29.6 Å². The normalized spacial score (nSPS) is 13.6. The summed E-state index contributed by atoms with van der Waals surface area (Å²) in [6.45, 7) is 0. The van der Waals surface area contributed by atoms with Crippen LogP contribution in [0.25, 0.3) is 0 Å². The molecule has 0 aliphatic heterocycles. The van der Waals surface area contributed by atoms with Crippen LogP contribution in [0.3, 0.4) is 0 Å². The second-order valence-corrected chi connectivity index (χ2v) is 4.39. The van der Waals surface area contributed by atoms with E-state index in [9.17, 15) is 24.9 Å². The molecule has 0 bridgehead atoms. The van der Waals surface area contributed by atoms with Gasteiger partial charge in [0.05, 0.1) is 19.3 Å². The molecule has 20 heavy (non-hydrogen) atoms. The molecular weight excluding hydrogens is 264 g/mol. The average molecular weight is 282 g/mol. The van der Waals surface area contributed by atoms with Crippen LogP contribution in [0.4, 0.5) is 0 Å². The lowest BCUT2D eigenvalue weighted by molar-refractivity contribution is -0.111. The summed E-state index contributed by atoms with van der Waals surface area (Å²) < 4.78 is 4.90. The molecule has 0 aromatic heterocycles. The Bertz CT molecular complexity index is 471. The van der Waals surface area contributed by atoms with Gasteiger partial charge < -0.3 is 24.9 Å². The second kappa shape index (κ2) is 7.62. The molecule has 0 aliphatic carbocycles. The van der Waals surface area contributed by atoms with Crippen molar-refractivity contribution >= 4 is 12.1 Å². The fourth-order valence-electron chi connectivity index (χ4n) is 1.72. The fraction of sp³-hybridized carbons (Fsp3) is 0.429. The highest BCUT2D eigenvalue weighted by molar-refractivity contribution is 5.96. The molecule has 110 valence electrons. The first-order valence-electron chi connectivity index (χ1n) is 6.19. The number of phenols is 1. The smallest absolute Gasteiger partial charge is 0.163 e. The Balaban J connectivity index is 2.61. The summed E-state index contributed by atoms with van der Waals surface area (Å²) in [7, 11) is 1.38. The van der Waals surface area contributed by atoms with Crippen molar-refractivity contribution in [1.29, 1.82) is 0 Å². The quantitative estimate of drug-likeness (QED) is 0.478. The monoisotopic (exact) mass is 282 g/mol. The Labute approximate surface area is 116 Å². The van der Waals surface area contributed by atoms with E-state index in [0.717, 1.165) is 0 Å². The molecule has 0 saturated carbocycles. The van der Waals surface area contributed by atoms with Gasteiger partial charge in [0.1, 0.15) is 6.29 Å². The van der Waals surface area contributed by atoms with E-state index in [2.05, 4.69) is 0 Å². The van der Waals surface area contributed by atoms with Crippen molar-refractivity contribution in [3.8, 4) is 11.5 Å². The number of aldehydes is 1. The zero-order valence-electron chi connectivity index (χ0n) is 11.2. The number of hydrogen-bond acceptors (Lipinski definition) is 6. The molecule has 1 rings (SSSR count). The summed E-state index contributed by atoms with van der Waals surface area (Å²) in [6.07, 6.45) is -1.86. The summed E-state index contributed by atoms with van der Waals surface area (Å²) in [5.41, 5.74) is 0.344. The van der Waals surface area contributed by atoms with E-state index in [4.69, 9.17) is 4.74 Å². The zero-order valence-corrected chi connectivity index (χ0v) is 11.2. The number of methoxy groups -OCH3 is 1. The first kappa shape index (κ1) is 16.1. The number of aliphatic hydroxyl groups is 2. The summed E-state index contributed by atoms with van der Waals surface area (Å²) in [4.78, 5) is 22.1. The fourth-order valence-corrected chi connectivity index (χ4v) is 1.72. The number of ether oxygens (including phenoxy) is 1. The van der Waals surface area contributed by atoms with Gasteiger partial charge in [-0.05, 0) is 24.6 Å². The minimum atomic E-state index is -1.16. The van der Waals surface area contributed by atoms with Gasteiger partial charge in [-0.15, -0.1) is 0 Å². The van der Waals surface area contributed by atoms with Crippen molar-refractivity contribution in [2.45, 2.75) is 31.5 Å². The number of hydrogen-bond donors (Lipinski definition) is 3. The van der Waals surface area contributed by atoms with Gasteiger partial charge in [-0.3, -0.25) is 4.79 Å². The molecule has 1 aromatic carbocycles. The number of aliphatic hydroxyl groups excluding tert-OH is 2. The molecule has 0 spiro atoms. The first-order chi connectivity index (χ1) is 9.49. The molecule has 2 unspecified atom stereocenters. The molecule has 0 saturated heterocycles. The predicted molar refractivity (Wildman–Crippen MR) is 70.9 cm³/mol. The molecular formula is C14H18O6. The van der Waals surface area contributed by atoms with Gasteiger partial charge in [-0.2, -0.15) is 0 Å². The summed E-state index contributed by atoms with van der Waals surface area (Å²) in [6, 6.07) is 4.21. The number of carbonyl (C=O) groups excluding carboxylic acids is 2. The predicted octanol–water partition coefficient (Wildman–Crippen LogP) is 0.674. The minimum Gasteiger partial charge on any atom is -0.504 e. The molecule has 0 radical (unpaired) electrons. The van der Waals surface area contributed by atoms with Gasteiger partial charge >= 0.3 is 0 Å². The highest BCUT2D eigenvalue weighted by Gasteiger charge is 2.18. The molecule has 3 N–H and O–H groups in total. The van der Waals surface area contributed by atoms with Crippen molar-refractivity contribution in [2.24, 2.45) is 0 Å². The summed E-state index contributed by atoms with van der Waals surface area (Å²) >= 11 is 0. The maximum Gasteiger partial charge on any atom is 0.163 e. The van der Waals surface area contributed by atoms with Crippen molar-refractivity contribution in [1.82, 2.24) is 0 Å². The molecule has 2 atom stereocenters. The minimum absolute atomic E-state index is 0.0189. The van der Waals surface area contributed by atoms with Gasteiger partial charge in [0.25, 0.3) is 0 Å². The summed E-state index contributed by atoms with van der Waals surface area (Å²) in [5.74, 6) is -0.122. The Hall–Kier alpha value is -1.92. The van der Waals surface area contributed by atoms with Crippen LogP contribution in [-0.2, 0) is 4.79 Å². The highest BCUT2D eigenvalue weighted by Crippen LogP contribution is 2.27. The number of aromatic hydroxyl groups is 1. The Morgan fingerprint density at radius 3 is 2.65 bits per heavy atom. The number of rotatable bonds is 8. The third kappa shape index (κ3) is 4.32. The van der Waals surface area contributed by atoms with Crippen molar-refractivity contribution < 1.29 is 29.6 Å².